The van der Waals surface area contributed by atoms with Crippen molar-refractivity contribution in [2.45, 2.75) is 19.4 Å². The van der Waals surface area contributed by atoms with E-state index in [0.29, 0.717) is 11.4 Å². The Morgan fingerprint density at radius 1 is 1.28 bits per heavy atom. The summed E-state index contributed by atoms with van der Waals surface area (Å²) in [6.45, 7) is 1.75. The summed E-state index contributed by atoms with van der Waals surface area (Å²) in [6.07, 6.45) is 1.31. The van der Waals surface area contributed by atoms with Gasteiger partial charge in [0.2, 0.25) is 15.9 Å². The zero-order chi connectivity index (χ0) is 13.8. The van der Waals surface area contributed by atoms with Gasteiger partial charge in [-0.1, -0.05) is 0 Å². The van der Waals surface area contributed by atoms with Crippen LogP contribution in [0.1, 0.15) is 13.3 Å². The highest BCUT2D eigenvalue weighted by Gasteiger charge is 2.06. The van der Waals surface area contributed by atoms with E-state index in [2.05, 4.69) is 10.0 Å². The lowest BCUT2D eigenvalue weighted by molar-refractivity contribution is -0.116. The molecule has 0 radical (unpaired) electrons. The molecule has 0 spiro atoms. The van der Waals surface area contributed by atoms with E-state index in [0.717, 1.165) is 6.26 Å². The number of anilines is 2. The minimum absolute atomic E-state index is 0.172. The van der Waals surface area contributed by atoms with E-state index in [1.165, 1.54) is 0 Å². The molecular formula is C11H17N3O3S. The number of benzene rings is 1. The fourth-order valence-electron chi connectivity index (χ4n) is 1.34. The summed E-state index contributed by atoms with van der Waals surface area (Å²) in [4.78, 5) is 11.4. The third-order valence-corrected chi connectivity index (χ3v) is 2.59. The summed E-state index contributed by atoms with van der Waals surface area (Å²) in [6, 6.07) is 6.18. The van der Waals surface area contributed by atoms with E-state index in [1.54, 1.807) is 31.2 Å². The van der Waals surface area contributed by atoms with Gasteiger partial charge in [-0.25, -0.2) is 8.42 Å². The second kappa shape index (κ2) is 5.83. The molecule has 1 amide bonds. The number of carbonyl (C=O) groups excluding carboxylic acids is 1. The SMILES string of the molecule is CC(N)CC(=O)Nc1ccc(NS(C)(=O)=O)cc1. The second-order valence-electron chi connectivity index (χ2n) is 4.18. The van der Waals surface area contributed by atoms with Crippen LogP contribution < -0.4 is 15.8 Å². The fraction of sp³-hybridized carbons (Fsp3) is 0.364. The zero-order valence-corrected chi connectivity index (χ0v) is 11.1. The molecule has 0 bridgehead atoms. The quantitative estimate of drug-likeness (QED) is 0.735. The highest BCUT2D eigenvalue weighted by atomic mass is 32.2. The molecule has 0 fully saturated rings. The highest BCUT2D eigenvalue weighted by molar-refractivity contribution is 7.92. The monoisotopic (exact) mass is 271 g/mol. The van der Waals surface area contributed by atoms with Gasteiger partial charge >= 0.3 is 0 Å². The van der Waals surface area contributed by atoms with Crippen molar-refractivity contribution in [3.8, 4) is 0 Å². The molecule has 4 N–H and O–H groups in total. The van der Waals surface area contributed by atoms with Crippen molar-refractivity contribution < 1.29 is 13.2 Å². The maximum absolute atomic E-state index is 11.4. The van der Waals surface area contributed by atoms with Crippen LogP contribution in [-0.4, -0.2) is 26.6 Å². The molecule has 0 saturated carbocycles. The molecule has 6 nitrogen and oxygen atoms in total. The summed E-state index contributed by atoms with van der Waals surface area (Å²) >= 11 is 0. The Balaban J connectivity index is 2.63. The predicted octanol–water partition coefficient (Wildman–Crippen LogP) is 0.734. The molecule has 0 saturated heterocycles. The molecule has 0 aliphatic carbocycles. The van der Waals surface area contributed by atoms with Gasteiger partial charge in [-0.2, -0.15) is 0 Å². The van der Waals surface area contributed by atoms with E-state index < -0.39 is 10.0 Å². The van der Waals surface area contributed by atoms with Crippen molar-refractivity contribution in [3.63, 3.8) is 0 Å². The molecule has 1 atom stereocenters. The minimum Gasteiger partial charge on any atom is -0.327 e. The molecule has 18 heavy (non-hydrogen) atoms. The summed E-state index contributed by atoms with van der Waals surface area (Å²) < 4.78 is 24.3. The second-order valence-corrected chi connectivity index (χ2v) is 5.93. The Morgan fingerprint density at radius 2 is 1.78 bits per heavy atom. The average molecular weight is 271 g/mol. The van der Waals surface area contributed by atoms with Crippen LogP contribution in [0.4, 0.5) is 11.4 Å². The standard InChI is InChI=1S/C11H17N3O3S/c1-8(12)7-11(15)13-9-3-5-10(6-4-9)14-18(2,16)17/h3-6,8,14H,7,12H2,1-2H3,(H,13,15). The van der Waals surface area contributed by atoms with Gasteiger partial charge in [0.05, 0.1) is 6.26 Å². The normalized spacial score (nSPS) is 12.8. The van der Waals surface area contributed by atoms with Crippen LogP contribution in [0, 0.1) is 0 Å². The van der Waals surface area contributed by atoms with Crippen LogP contribution in [0.5, 0.6) is 0 Å². The van der Waals surface area contributed by atoms with E-state index in [9.17, 15) is 13.2 Å². The first kappa shape index (κ1) is 14.5. The van der Waals surface area contributed by atoms with Crippen molar-refractivity contribution in [2.75, 3.05) is 16.3 Å². The summed E-state index contributed by atoms with van der Waals surface area (Å²) in [5.74, 6) is -0.172. The molecule has 1 aromatic rings. The molecule has 0 aliphatic rings. The Kier molecular flexibility index (Phi) is 4.69. The van der Waals surface area contributed by atoms with Crippen molar-refractivity contribution in [3.05, 3.63) is 24.3 Å². The number of nitrogens with two attached hydrogens (primary N) is 1. The number of nitrogens with one attached hydrogen (secondary N) is 2. The third kappa shape index (κ3) is 5.65. The van der Waals surface area contributed by atoms with E-state index in [4.69, 9.17) is 5.73 Å². The maximum atomic E-state index is 11.4. The van der Waals surface area contributed by atoms with Gasteiger partial charge in [-0.15, -0.1) is 0 Å². The molecule has 7 heteroatoms. The molecule has 0 aromatic heterocycles. The molecule has 0 heterocycles. The molecular weight excluding hydrogens is 254 g/mol. The Bertz CT molecular complexity index is 509. The zero-order valence-electron chi connectivity index (χ0n) is 10.3. The van der Waals surface area contributed by atoms with Crippen LogP contribution in [0.15, 0.2) is 24.3 Å². The first-order chi connectivity index (χ1) is 8.26. The smallest absolute Gasteiger partial charge is 0.229 e. The van der Waals surface area contributed by atoms with Gasteiger partial charge < -0.3 is 11.1 Å². The van der Waals surface area contributed by atoms with E-state index >= 15 is 0 Å². The average Bonchev–Trinajstić information content (AvgIpc) is 2.17. The van der Waals surface area contributed by atoms with Gasteiger partial charge in [0, 0.05) is 23.8 Å². The molecule has 1 unspecified atom stereocenters. The van der Waals surface area contributed by atoms with Crippen molar-refractivity contribution in [1.82, 2.24) is 0 Å². The fourth-order valence-corrected chi connectivity index (χ4v) is 1.90. The predicted molar refractivity (Wildman–Crippen MR) is 71.8 cm³/mol. The molecule has 1 rings (SSSR count). The first-order valence-electron chi connectivity index (χ1n) is 5.39. The number of hydrogen-bond donors (Lipinski definition) is 3. The molecule has 1 aromatic carbocycles. The lowest BCUT2D eigenvalue weighted by atomic mass is 10.2. The number of carbonyl (C=O) groups is 1. The van der Waals surface area contributed by atoms with Crippen LogP contribution in [-0.2, 0) is 14.8 Å². The number of hydrogen-bond acceptors (Lipinski definition) is 4. The third-order valence-electron chi connectivity index (χ3n) is 1.98. The Morgan fingerprint density at radius 3 is 2.22 bits per heavy atom. The topological polar surface area (TPSA) is 101 Å². The van der Waals surface area contributed by atoms with Crippen LogP contribution in [0.2, 0.25) is 0 Å². The Labute approximate surface area is 107 Å². The van der Waals surface area contributed by atoms with E-state index in [1.807, 2.05) is 0 Å². The summed E-state index contributed by atoms with van der Waals surface area (Å²) in [7, 11) is -3.28. The van der Waals surface area contributed by atoms with Crippen LogP contribution in [0.3, 0.4) is 0 Å². The van der Waals surface area contributed by atoms with Crippen molar-refractivity contribution >= 4 is 27.3 Å². The van der Waals surface area contributed by atoms with E-state index in [-0.39, 0.29) is 18.4 Å². The molecule has 0 aliphatic heterocycles. The summed E-state index contributed by atoms with van der Waals surface area (Å²) in [5.41, 5.74) is 6.55. The first-order valence-corrected chi connectivity index (χ1v) is 7.29. The van der Waals surface area contributed by atoms with Crippen molar-refractivity contribution in [2.24, 2.45) is 5.73 Å². The lowest BCUT2D eigenvalue weighted by Gasteiger charge is -2.08. The van der Waals surface area contributed by atoms with Gasteiger partial charge in [0.25, 0.3) is 0 Å². The van der Waals surface area contributed by atoms with Gasteiger partial charge in [-0.05, 0) is 31.2 Å². The molecule has 100 valence electrons. The van der Waals surface area contributed by atoms with Crippen LogP contribution in [0.25, 0.3) is 0 Å². The van der Waals surface area contributed by atoms with Gasteiger partial charge in [-0.3, -0.25) is 9.52 Å². The number of amides is 1. The van der Waals surface area contributed by atoms with Crippen molar-refractivity contribution in [1.29, 1.82) is 0 Å². The van der Waals surface area contributed by atoms with Gasteiger partial charge in [0.1, 0.15) is 0 Å². The van der Waals surface area contributed by atoms with Crippen LogP contribution >= 0.6 is 0 Å². The lowest BCUT2D eigenvalue weighted by Crippen LogP contribution is -2.23. The minimum atomic E-state index is -3.28. The number of sulfonamides is 1. The Hall–Kier alpha value is -1.60. The largest absolute Gasteiger partial charge is 0.327 e. The number of rotatable bonds is 5. The highest BCUT2D eigenvalue weighted by Crippen LogP contribution is 2.14. The summed E-state index contributed by atoms with van der Waals surface area (Å²) in [5, 5.41) is 2.67. The maximum Gasteiger partial charge on any atom is 0.229 e. The van der Waals surface area contributed by atoms with Gasteiger partial charge in [0.15, 0.2) is 0 Å².